The number of hydrogen-bond donors (Lipinski definition) is 1. The molecule has 7 heteroatoms. The first kappa shape index (κ1) is 17.1. The predicted octanol–water partition coefficient (Wildman–Crippen LogP) is 4.97. The van der Waals surface area contributed by atoms with Crippen LogP contribution in [0.1, 0.15) is 21.8 Å². The molecule has 0 radical (unpaired) electrons. The molecule has 6 nitrogen and oxygen atoms in total. The number of hydrogen-bond acceptors (Lipinski definition) is 7. The number of ether oxygens (including phenoxy) is 1. The van der Waals surface area contributed by atoms with Gasteiger partial charge in [-0.1, -0.05) is 18.2 Å². The van der Waals surface area contributed by atoms with E-state index in [1.807, 2.05) is 41.8 Å². The van der Waals surface area contributed by atoms with Gasteiger partial charge in [0.25, 0.3) is 0 Å². The lowest BCUT2D eigenvalue weighted by molar-refractivity contribution is 0.0469. The van der Waals surface area contributed by atoms with Crippen molar-refractivity contribution in [2.24, 2.45) is 0 Å². The van der Waals surface area contributed by atoms with Crippen LogP contribution in [0, 0.1) is 0 Å². The number of para-hydroxylation sites is 1. The third-order valence-electron chi connectivity index (χ3n) is 3.82. The Balaban J connectivity index is 1.39. The van der Waals surface area contributed by atoms with Crippen molar-refractivity contribution < 1.29 is 18.4 Å². The number of rotatable bonds is 7. The molecule has 0 saturated carbocycles. The summed E-state index contributed by atoms with van der Waals surface area (Å²) in [4.78, 5) is 17.8. The van der Waals surface area contributed by atoms with E-state index in [1.54, 1.807) is 18.4 Å². The predicted molar refractivity (Wildman–Crippen MR) is 101 cm³/mol. The normalized spacial score (nSPS) is 10.7. The number of benzene rings is 1. The van der Waals surface area contributed by atoms with Gasteiger partial charge < -0.3 is 18.9 Å². The lowest BCUT2D eigenvalue weighted by Gasteiger charge is -2.10. The number of aromatic nitrogens is 1. The van der Waals surface area contributed by atoms with E-state index in [-0.39, 0.29) is 6.61 Å². The van der Waals surface area contributed by atoms with Gasteiger partial charge in [0.2, 0.25) is 5.89 Å². The Morgan fingerprint density at radius 1 is 1.11 bits per heavy atom. The lowest BCUT2D eigenvalue weighted by atomic mass is 10.2. The van der Waals surface area contributed by atoms with Crippen molar-refractivity contribution in [1.29, 1.82) is 0 Å². The minimum absolute atomic E-state index is 0.0419. The van der Waals surface area contributed by atoms with E-state index < -0.39 is 5.97 Å². The maximum absolute atomic E-state index is 12.5. The van der Waals surface area contributed by atoms with Crippen LogP contribution in [0.25, 0.3) is 10.8 Å². The van der Waals surface area contributed by atoms with Crippen LogP contribution in [-0.2, 0) is 17.9 Å². The highest BCUT2D eigenvalue weighted by Gasteiger charge is 2.14. The molecule has 0 unspecified atom stereocenters. The first-order chi connectivity index (χ1) is 13.3. The summed E-state index contributed by atoms with van der Waals surface area (Å²) in [6, 6.07) is 14.7. The summed E-state index contributed by atoms with van der Waals surface area (Å²) in [6.07, 6.45) is 3.11. The largest absolute Gasteiger partial charge is 0.467 e. The van der Waals surface area contributed by atoms with Gasteiger partial charge in [0.15, 0.2) is 0 Å². The Morgan fingerprint density at radius 2 is 2.04 bits per heavy atom. The number of anilines is 1. The average molecular weight is 380 g/mol. The van der Waals surface area contributed by atoms with Crippen molar-refractivity contribution in [2.45, 2.75) is 13.2 Å². The van der Waals surface area contributed by atoms with Crippen LogP contribution in [0.5, 0.6) is 0 Å². The summed E-state index contributed by atoms with van der Waals surface area (Å²) in [5.41, 5.74) is 1.69. The fraction of sp³-hybridized carbons (Fsp3) is 0.100. The van der Waals surface area contributed by atoms with Gasteiger partial charge in [0.1, 0.15) is 24.3 Å². The summed E-state index contributed by atoms with van der Waals surface area (Å²) in [5, 5.41) is 5.14. The van der Waals surface area contributed by atoms with Crippen molar-refractivity contribution >= 4 is 23.0 Å². The number of furan rings is 1. The van der Waals surface area contributed by atoms with Crippen LogP contribution in [0.2, 0.25) is 0 Å². The van der Waals surface area contributed by atoms with E-state index in [0.29, 0.717) is 29.4 Å². The molecule has 0 saturated heterocycles. The van der Waals surface area contributed by atoms with Gasteiger partial charge in [0.05, 0.1) is 23.2 Å². The molecular weight excluding hydrogens is 364 g/mol. The lowest BCUT2D eigenvalue weighted by Crippen LogP contribution is -2.10. The zero-order chi connectivity index (χ0) is 18.5. The Labute approximate surface area is 159 Å². The molecule has 0 aliphatic heterocycles. The molecule has 3 aromatic heterocycles. The molecule has 0 fully saturated rings. The second kappa shape index (κ2) is 7.92. The average Bonchev–Trinajstić information content (AvgIpc) is 3.47. The maximum atomic E-state index is 12.5. The molecule has 136 valence electrons. The molecular formula is C20H16N2O4S. The van der Waals surface area contributed by atoms with Crippen LogP contribution < -0.4 is 5.32 Å². The third-order valence-corrected chi connectivity index (χ3v) is 4.67. The molecule has 0 bridgehead atoms. The molecule has 3 heterocycles. The Kier molecular flexibility index (Phi) is 5.02. The number of esters is 1. The summed E-state index contributed by atoms with van der Waals surface area (Å²) in [5.74, 6) is 0.872. The number of nitrogens with one attached hydrogen (secondary N) is 1. The molecule has 0 amide bonds. The van der Waals surface area contributed by atoms with E-state index in [4.69, 9.17) is 13.6 Å². The number of oxazole rings is 1. The summed E-state index contributed by atoms with van der Waals surface area (Å²) < 4.78 is 16.1. The number of nitrogens with zero attached hydrogens (tertiary/aromatic N) is 1. The van der Waals surface area contributed by atoms with Crippen molar-refractivity contribution in [3.8, 4) is 10.8 Å². The van der Waals surface area contributed by atoms with E-state index in [1.165, 1.54) is 17.6 Å². The highest BCUT2D eigenvalue weighted by atomic mass is 32.1. The van der Waals surface area contributed by atoms with Gasteiger partial charge in [0, 0.05) is 5.69 Å². The minimum atomic E-state index is -0.432. The van der Waals surface area contributed by atoms with Crippen molar-refractivity contribution in [2.75, 3.05) is 5.32 Å². The number of carbonyl (C=O) groups excluding carboxylic acids is 1. The molecule has 0 spiro atoms. The van der Waals surface area contributed by atoms with Crippen LogP contribution in [0.4, 0.5) is 5.69 Å². The smallest absolute Gasteiger partial charge is 0.340 e. The van der Waals surface area contributed by atoms with E-state index in [0.717, 1.165) is 10.6 Å². The second-order valence-corrected chi connectivity index (χ2v) is 6.62. The van der Waals surface area contributed by atoms with E-state index >= 15 is 0 Å². The SMILES string of the molecule is O=C(OCc1coc(-c2cccs2)n1)c1ccccc1NCc1ccco1. The van der Waals surface area contributed by atoms with E-state index in [9.17, 15) is 4.79 Å². The first-order valence-electron chi connectivity index (χ1n) is 8.30. The van der Waals surface area contributed by atoms with Crippen LogP contribution >= 0.6 is 11.3 Å². The third kappa shape index (κ3) is 4.09. The van der Waals surface area contributed by atoms with Gasteiger partial charge in [-0.25, -0.2) is 9.78 Å². The molecule has 0 atom stereocenters. The summed E-state index contributed by atoms with van der Waals surface area (Å²) in [6.45, 7) is 0.519. The Hall–Kier alpha value is -3.32. The monoisotopic (exact) mass is 380 g/mol. The minimum Gasteiger partial charge on any atom is -0.467 e. The zero-order valence-corrected chi connectivity index (χ0v) is 15.1. The molecule has 4 rings (SSSR count). The Morgan fingerprint density at radius 3 is 2.85 bits per heavy atom. The van der Waals surface area contributed by atoms with Gasteiger partial charge >= 0.3 is 5.97 Å². The van der Waals surface area contributed by atoms with Gasteiger partial charge in [-0.3, -0.25) is 0 Å². The van der Waals surface area contributed by atoms with Crippen LogP contribution in [0.3, 0.4) is 0 Å². The standard InChI is InChI=1S/C20H16N2O4S/c23-20(26-13-14-12-25-19(22-14)18-8-4-10-27-18)16-6-1-2-7-17(16)21-11-15-5-3-9-24-15/h1-10,12,21H,11,13H2. The van der Waals surface area contributed by atoms with Gasteiger partial charge in [-0.05, 0) is 35.7 Å². The Bertz CT molecular complexity index is 1010. The van der Waals surface area contributed by atoms with Crippen LogP contribution in [-0.4, -0.2) is 11.0 Å². The van der Waals surface area contributed by atoms with Gasteiger partial charge in [-0.15, -0.1) is 11.3 Å². The zero-order valence-electron chi connectivity index (χ0n) is 14.3. The highest BCUT2D eigenvalue weighted by molar-refractivity contribution is 7.13. The number of carbonyl (C=O) groups is 1. The van der Waals surface area contributed by atoms with Crippen molar-refractivity contribution in [1.82, 2.24) is 4.98 Å². The van der Waals surface area contributed by atoms with Crippen molar-refractivity contribution in [3.05, 3.63) is 83.5 Å². The molecule has 1 aromatic carbocycles. The van der Waals surface area contributed by atoms with Crippen molar-refractivity contribution in [3.63, 3.8) is 0 Å². The fourth-order valence-electron chi connectivity index (χ4n) is 2.51. The summed E-state index contributed by atoms with van der Waals surface area (Å²) in [7, 11) is 0. The fourth-order valence-corrected chi connectivity index (χ4v) is 3.17. The molecule has 27 heavy (non-hydrogen) atoms. The van der Waals surface area contributed by atoms with E-state index in [2.05, 4.69) is 10.3 Å². The van der Waals surface area contributed by atoms with Gasteiger partial charge in [-0.2, -0.15) is 0 Å². The number of thiophene rings is 1. The molecule has 0 aliphatic carbocycles. The summed E-state index contributed by atoms with van der Waals surface area (Å²) >= 11 is 1.54. The maximum Gasteiger partial charge on any atom is 0.340 e. The first-order valence-corrected chi connectivity index (χ1v) is 9.18. The molecule has 1 N–H and O–H groups in total. The molecule has 4 aromatic rings. The topological polar surface area (TPSA) is 77.5 Å². The highest BCUT2D eigenvalue weighted by Crippen LogP contribution is 2.24. The quantitative estimate of drug-likeness (QED) is 0.456. The second-order valence-electron chi connectivity index (χ2n) is 5.68. The molecule has 0 aliphatic rings. The van der Waals surface area contributed by atoms with Crippen LogP contribution in [0.15, 0.2) is 75.3 Å².